The van der Waals surface area contributed by atoms with Crippen LogP contribution < -0.4 is 15.2 Å². The predicted octanol–water partition coefficient (Wildman–Crippen LogP) is -1.76. The number of aryl methyl sites for hydroxylation is 1. The average Bonchev–Trinajstić information content (AvgIpc) is 2.88. The lowest BCUT2D eigenvalue weighted by Gasteiger charge is -2.10. The molecule has 0 spiro atoms. The Bertz CT molecular complexity index is 457. The van der Waals surface area contributed by atoms with Crippen LogP contribution in [-0.4, -0.2) is 40.2 Å². The minimum absolute atomic E-state index is 0.107. The topological polar surface area (TPSA) is 87.2 Å². The second kappa shape index (κ2) is 5.18. The lowest BCUT2D eigenvalue weighted by atomic mass is 10.2. The van der Waals surface area contributed by atoms with Gasteiger partial charge in [0.2, 0.25) is 6.33 Å². The summed E-state index contributed by atoms with van der Waals surface area (Å²) < 4.78 is 3.62. The smallest absolute Gasteiger partial charge is 0.320 e. The summed E-state index contributed by atoms with van der Waals surface area (Å²) in [6, 6.07) is -0.664. The third-order valence-corrected chi connectivity index (χ3v) is 2.94. The number of carbonyl (C=O) groups is 2. The van der Waals surface area contributed by atoms with Crippen molar-refractivity contribution in [3.05, 3.63) is 18.7 Å². The van der Waals surface area contributed by atoms with Crippen molar-refractivity contribution in [2.24, 2.45) is 7.05 Å². The van der Waals surface area contributed by atoms with Gasteiger partial charge in [-0.1, -0.05) is 0 Å². The van der Waals surface area contributed by atoms with Crippen molar-refractivity contribution in [1.82, 2.24) is 15.2 Å². The van der Waals surface area contributed by atoms with E-state index >= 15 is 0 Å². The van der Waals surface area contributed by atoms with Crippen LogP contribution >= 0.6 is 0 Å². The Morgan fingerprint density at radius 3 is 2.94 bits per heavy atom. The number of nitrogens with zero attached hydrogens (tertiary/aromatic N) is 2. The number of aliphatic carboxylic acids is 1. The van der Waals surface area contributed by atoms with E-state index in [0.717, 1.165) is 0 Å². The number of imidazole rings is 1. The molecule has 0 radical (unpaired) electrons. The first-order chi connectivity index (χ1) is 8.54. The number of rotatable bonds is 4. The van der Waals surface area contributed by atoms with Crippen LogP contribution in [0.4, 0.5) is 0 Å². The Morgan fingerprint density at radius 1 is 1.61 bits per heavy atom. The maximum atomic E-state index is 11.7. The van der Waals surface area contributed by atoms with Crippen molar-refractivity contribution in [1.29, 1.82) is 0 Å². The largest absolute Gasteiger partial charge is 0.480 e. The zero-order valence-electron chi connectivity index (χ0n) is 10.2. The molecule has 18 heavy (non-hydrogen) atoms. The molecule has 1 amide bonds. The van der Waals surface area contributed by atoms with Crippen LogP contribution in [0.3, 0.4) is 0 Å². The van der Waals surface area contributed by atoms with Crippen LogP contribution in [0.5, 0.6) is 0 Å². The third kappa shape index (κ3) is 3.07. The Hall–Kier alpha value is -1.89. The highest BCUT2D eigenvalue weighted by Gasteiger charge is 2.30. The van der Waals surface area contributed by atoms with Crippen molar-refractivity contribution < 1.29 is 19.3 Å². The minimum Gasteiger partial charge on any atom is -0.480 e. The molecule has 2 atom stereocenters. The van der Waals surface area contributed by atoms with Gasteiger partial charge in [-0.25, -0.2) is 9.13 Å². The molecule has 0 aromatic carbocycles. The average molecular weight is 253 g/mol. The number of hydrogen-bond acceptors (Lipinski definition) is 3. The molecule has 2 rings (SSSR count). The van der Waals surface area contributed by atoms with E-state index in [2.05, 4.69) is 10.6 Å². The van der Waals surface area contributed by atoms with Crippen molar-refractivity contribution >= 4 is 11.9 Å². The number of carboxylic acids is 1. The first-order valence-electron chi connectivity index (χ1n) is 5.81. The Morgan fingerprint density at radius 2 is 2.39 bits per heavy atom. The SMILES string of the molecule is C[n+]1ccn(CC(=O)N[C@@H]2CN[C@H](C(=O)O)C2)c1. The number of hydrogen-bond donors (Lipinski definition) is 3. The molecule has 1 saturated heterocycles. The fourth-order valence-corrected chi connectivity index (χ4v) is 2.07. The van der Waals surface area contributed by atoms with Gasteiger partial charge in [0.15, 0.2) is 6.54 Å². The van der Waals surface area contributed by atoms with Gasteiger partial charge in [-0.2, -0.15) is 0 Å². The molecular weight excluding hydrogens is 236 g/mol. The standard InChI is InChI=1S/C11H16N4O3/c1-14-2-3-15(7-14)6-10(16)13-8-4-9(11(17)18)12-5-8/h2-3,7-9,12H,4-6H2,1H3,(H-,13,16,17,18)/p+1/t8-,9-/m0/s1. The predicted molar refractivity (Wildman–Crippen MR) is 61.6 cm³/mol. The summed E-state index contributed by atoms with van der Waals surface area (Å²) in [5.74, 6) is -0.978. The van der Waals surface area contributed by atoms with Gasteiger partial charge in [0.05, 0.1) is 7.05 Å². The molecule has 1 aromatic heterocycles. The second-order valence-electron chi connectivity index (χ2n) is 4.55. The highest BCUT2D eigenvalue weighted by molar-refractivity contribution is 5.77. The molecule has 0 saturated carbocycles. The molecule has 1 aliphatic heterocycles. The highest BCUT2D eigenvalue weighted by atomic mass is 16.4. The zero-order valence-corrected chi connectivity index (χ0v) is 10.2. The zero-order chi connectivity index (χ0) is 13.1. The number of aromatic nitrogens is 2. The molecule has 1 aliphatic rings. The van der Waals surface area contributed by atoms with Crippen LogP contribution in [0, 0.1) is 0 Å². The summed E-state index contributed by atoms with van der Waals surface area (Å²) in [6.07, 6.45) is 5.91. The number of carboxylic acid groups (broad SMARTS) is 1. The van der Waals surface area contributed by atoms with Crippen molar-refractivity contribution in [2.45, 2.75) is 25.0 Å². The molecule has 0 unspecified atom stereocenters. The maximum absolute atomic E-state index is 11.7. The summed E-state index contributed by atoms with van der Waals surface area (Å²) in [7, 11) is 1.88. The number of nitrogens with one attached hydrogen (secondary N) is 2. The van der Waals surface area contributed by atoms with E-state index in [9.17, 15) is 9.59 Å². The van der Waals surface area contributed by atoms with Crippen molar-refractivity contribution in [3.8, 4) is 0 Å². The van der Waals surface area contributed by atoms with Crippen LogP contribution in [0.2, 0.25) is 0 Å². The molecule has 7 nitrogen and oxygen atoms in total. The molecular formula is C11H17N4O3+. The van der Waals surface area contributed by atoms with Gasteiger partial charge in [0.1, 0.15) is 18.4 Å². The fourth-order valence-electron chi connectivity index (χ4n) is 2.07. The van der Waals surface area contributed by atoms with Gasteiger partial charge in [-0.15, -0.1) is 0 Å². The summed E-state index contributed by atoms with van der Waals surface area (Å²) in [5.41, 5.74) is 0. The second-order valence-corrected chi connectivity index (χ2v) is 4.55. The van der Waals surface area contributed by atoms with E-state index in [0.29, 0.717) is 13.0 Å². The van der Waals surface area contributed by atoms with Gasteiger partial charge in [-0.3, -0.25) is 9.59 Å². The van der Waals surface area contributed by atoms with E-state index in [4.69, 9.17) is 5.11 Å². The molecule has 3 N–H and O–H groups in total. The summed E-state index contributed by atoms with van der Waals surface area (Å²) >= 11 is 0. The summed E-state index contributed by atoms with van der Waals surface area (Å²) in [5, 5.41) is 14.5. The molecule has 0 bridgehead atoms. The monoisotopic (exact) mass is 253 g/mol. The molecule has 98 valence electrons. The minimum atomic E-state index is -0.871. The first kappa shape index (κ1) is 12.6. The molecule has 1 aromatic rings. The van der Waals surface area contributed by atoms with Gasteiger partial charge < -0.3 is 15.7 Å². The maximum Gasteiger partial charge on any atom is 0.320 e. The third-order valence-electron chi connectivity index (χ3n) is 2.94. The number of carbonyl (C=O) groups excluding carboxylic acids is 1. The van der Waals surface area contributed by atoms with Gasteiger partial charge in [0.25, 0.3) is 5.91 Å². The van der Waals surface area contributed by atoms with Gasteiger partial charge in [0, 0.05) is 12.6 Å². The van der Waals surface area contributed by atoms with Crippen LogP contribution in [-0.2, 0) is 23.2 Å². The van der Waals surface area contributed by atoms with Gasteiger partial charge >= 0.3 is 5.97 Å². The fraction of sp³-hybridized carbons (Fsp3) is 0.545. The number of amides is 1. The Balaban J connectivity index is 1.80. The summed E-state index contributed by atoms with van der Waals surface area (Å²) in [6.45, 7) is 0.747. The Kier molecular flexibility index (Phi) is 3.61. The van der Waals surface area contributed by atoms with E-state index in [1.165, 1.54) is 0 Å². The van der Waals surface area contributed by atoms with Crippen LogP contribution in [0.1, 0.15) is 6.42 Å². The summed E-state index contributed by atoms with van der Waals surface area (Å²) in [4.78, 5) is 22.5. The molecule has 7 heteroatoms. The van der Waals surface area contributed by atoms with E-state index in [1.54, 1.807) is 4.57 Å². The van der Waals surface area contributed by atoms with Gasteiger partial charge in [-0.05, 0) is 6.42 Å². The normalized spacial score (nSPS) is 22.9. The quantitative estimate of drug-likeness (QED) is 0.555. The highest BCUT2D eigenvalue weighted by Crippen LogP contribution is 2.06. The first-order valence-corrected chi connectivity index (χ1v) is 5.81. The molecule has 0 aliphatic carbocycles. The van der Waals surface area contributed by atoms with E-state index in [-0.39, 0.29) is 18.5 Å². The van der Waals surface area contributed by atoms with Crippen molar-refractivity contribution in [2.75, 3.05) is 6.54 Å². The van der Waals surface area contributed by atoms with E-state index in [1.807, 2.05) is 30.3 Å². The lowest BCUT2D eigenvalue weighted by molar-refractivity contribution is -0.671. The van der Waals surface area contributed by atoms with Crippen molar-refractivity contribution in [3.63, 3.8) is 0 Å². The Labute approximate surface area is 104 Å². The molecule has 1 fully saturated rings. The van der Waals surface area contributed by atoms with Crippen LogP contribution in [0.25, 0.3) is 0 Å². The van der Waals surface area contributed by atoms with Crippen LogP contribution in [0.15, 0.2) is 18.7 Å². The van der Waals surface area contributed by atoms with E-state index < -0.39 is 12.0 Å². The molecule has 2 heterocycles. The lowest BCUT2D eigenvalue weighted by Crippen LogP contribution is -2.38.